The van der Waals surface area contributed by atoms with Gasteiger partial charge in [0.15, 0.2) is 0 Å². The summed E-state index contributed by atoms with van der Waals surface area (Å²) in [5, 5.41) is 3.56. The fourth-order valence-corrected chi connectivity index (χ4v) is 2.97. The van der Waals surface area contributed by atoms with E-state index < -0.39 is 0 Å². The van der Waals surface area contributed by atoms with Crippen LogP contribution in [0.3, 0.4) is 0 Å². The molecule has 0 spiro atoms. The summed E-state index contributed by atoms with van der Waals surface area (Å²) >= 11 is 0. The largest absolute Gasteiger partial charge is 0.381 e. The molecule has 1 aromatic carbocycles. The van der Waals surface area contributed by atoms with Gasteiger partial charge in [-0.2, -0.15) is 0 Å². The van der Waals surface area contributed by atoms with E-state index in [1.165, 1.54) is 0 Å². The highest BCUT2D eigenvalue weighted by Gasteiger charge is 2.25. The molecule has 0 saturated carbocycles. The molecule has 0 bridgehead atoms. The molecule has 116 valence electrons. The smallest absolute Gasteiger partial charge is 0.253 e. The van der Waals surface area contributed by atoms with Crippen LogP contribution >= 0.6 is 0 Å². The van der Waals surface area contributed by atoms with Crippen LogP contribution in [-0.2, 0) is 0 Å². The summed E-state index contributed by atoms with van der Waals surface area (Å²) in [6.45, 7) is 8.83. The lowest BCUT2D eigenvalue weighted by Crippen LogP contribution is -2.30. The van der Waals surface area contributed by atoms with Crippen molar-refractivity contribution in [2.45, 2.75) is 39.3 Å². The van der Waals surface area contributed by atoms with E-state index in [9.17, 15) is 4.79 Å². The van der Waals surface area contributed by atoms with E-state index in [1.807, 2.05) is 43.0 Å². The number of carbonyl (C=O) groups excluding carboxylic acids is 1. The maximum Gasteiger partial charge on any atom is 0.253 e. The van der Waals surface area contributed by atoms with Gasteiger partial charge in [-0.15, -0.1) is 0 Å². The van der Waals surface area contributed by atoms with Gasteiger partial charge >= 0.3 is 0 Å². The average Bonchev–Trinajstić information content (AvgIpc) is 2.78. The van der Waals surface area contributed by atoms with Crippen molar-refractivity contribution in [3.63, 3.8) is 0 Å². The van der Waals surface area contributed by atoms with Crippen molar-refractivity contribution in [1.29, 1.82) is 0 Å². The van der Waals surface area contributed by atoms with E-state index >= 15 is 0 Å². The molecule has 2 rings (SSSR count). The first-order chi connectivity index (χ1) is 10.0. The van der Waals surface area contributed by atoms with E-state index in [0.29, 0.717) is 12.1 Å². The number of rotatable bonds is 5. The molecule has 1 N–H and O–H groups in total. The number of carbonyl (C=O) groups is 1. The Labute approximate surface area is 128 Å². The van der Waals surface area contributed by atoms with Gasteiger partial charge in [-0.25, -0.2) is 0 Å². The Morgan fingerprint density at radius 2 is 2.10 bits per heavy atom. The first kappa shape index (κ1) is 15.8. The minimum Gasteiger partial charge on any atom is -0.381 e. The molecule has 1 saturated heterocycles. The molecular weight excluding hydrogens is 262 g/mol. The van der Waals surface area contributed by atoms with Crippen molar-refractivity contribution >= 4 is 11.6 Å². The van der Waals surface area contributed by atoms with Crippen LogP contribution in [0.2, 0.25) is 0 Å². The zero-order valence-electron chi connectivity index (χ0n) is 13.6. The number of hydrogen-bond donors (Lipinski definition) is 1. The predicted octanol–water partition coefficient (Wildman–Crippen LogP) is 2.67. The molecule has 1 aliphatic heterocycles. The molecular formula is C17H27N3O. The van der Waals surface area contributed by atoms with Crippen molar-refractivity contribution in [2.24, 2.45) is 0 Å². The molecule has 21 heavy (non-hydrogen) atoms. The zero-order valence-corrected chi connectivity index (χ0v) is 13.6. The number of likely N-dealkylation sites (tertiary alicyclic amines) is 1. The van der Waals surface area contributed by atoms with Gasteiger partial charge in [0.05, 0.1) is 0 Å². The molecule has 1 amide bonds. The number of nitrogens with one attached hydrogen (secondary N) is 1. The van der Waals surface area contributed by atoms with Crippen molar-refractivity contribution < 1.29 is 4.79 Å². The Kier molecular flexibility index (Phi) is 5.23. The van der Waals surface area contributed by atoms with E-state index in [1.54, 1.807) is 0 Å². The summed E-state index contributed by atoms with van der Waals surface area (Å²) in [6, 6.07) is 8.95. The van der Waals surface area contributed by atoms with Gasteiger partial charge in [0.1, 0.15) is 0 Å². The second kappa shape index (κ2) is 6.94. The van der Waals surface area contributed by atoms with Crippen LogP contribution in [0.15, 0.2) is 24.3 Å². The minimum absolute atomic E-state index is 0.112. The summed E-state index contributed by atoms with van der Waals surface area (Å²) < 4.78 is 0. The molecule has 0 aromatic heterocycles. The number of nitrogens with zero attached hydrogens (tertiary/aromatic N) is 2. The SMILES string of the molecule is CCN(CC)C(=O)c1cccc(NC2CC(C)N(C)C2)c1. The summed E-state index contributed by atoms with van der Waals surface area (Å²) in [4.78, 5) is 16.6. The van der Waals surface area contributed by atoms with E-state index in [4.69, 9.17) is 0 Å². The number of hydrogen-bond acceptors (Lipinski definition) is 3. The second-order valence-electron chi connectivity index (χ2n) is 5.92. The van der Waals surface area contributed by atoms with Gasteiger partial charge in [0.25, 0.3) is 5.91 Å². The van der Waals surface area contributed by atoms with Crippen LogP contribution in [0.25, 0.3) is 0 Å². The quantitative estimate of drug-likeness (QED) is 0.905. The number of likely N-dealkylation sites (N-methyl/N-ethyl adjacent to an activating group) is 1. The second-order valence-corrected chi connectivity index (χ2v) is 5.92. The summed E-state index contributed by atoms with van der Waals surface area (Å²) in [7, 11) is 2.16. The van der Waals surface area contributed by atoms with Crippen molar-refractivity contribution in [3.05, 3.63) is 29.8 Å². The molecule has 0 radical (unpaired) electrons. The van der Waals surface area contributed by atoms with E-state index in [-0.39, 0.29) is 5.91 Å². The zero-order chi connectivity index (χ0) is 15.4. The Morgan fingerprint density at radius 1 is 1.38 bits per heavy atom. The lowest BCUT2D eigenvalue weighted by atomic mass is 10.1. The first-order valence-electron chi connectivity index (χ1n) is 7.91. The summed E-state index contributed by atoms with van der Waals surface area (Å²) in [5.74, 6) is 0.112. The van der Waals surface area contributed by atoms with Crippen LogP contribution in [0, 0.1) is 0 Å². The van der Waals surface area contributed by atoms with Gasteiger partial charge in [0.2, 0.25) is 0 Å². The highest BCUT2D eigenvalue weighted by Crippen LogP contribution is 2.20. The number of amides is 1. The average molecular weight is 289 g/mol. The maximum atomic E-state index is 12.4. The molecule has 1 aromatic rings. The minimum atomic E-state index is 0.112. The summed E-state index contributed by atoms with van der Waals surface area (Å²) in [5.41, 5.74) is 1.81. The fourth-order valence-electron chi connectivity index (χ4n) is 2.97. The third-order valence-electron chi connectivity index (χ3n) is 4.42. The Bertz CT molecular complexity index is 475. The number of anilines is 1. The molecule has 0 aliphatic carbocycles. The summed E-state index contributed by atoms with van der Waals surface area (Å²) in [6.07, 6.45) is 1.14. The Hall–Kier alpha value is -1.55. The van der Waals surface area contributed by atoms with Gasteiger partial charge in [0, 0.05) is 43.0 Å². The van der Waals surface area contributed by atoms with Gasteiger partial charge in [-0.3, -0.25) is 4.79 Å². The molecule has 4 nitrogen and oxygen atoms in total. The van der Waals surface area contributed by atoms with Crippen molar-refractivity contribution in [3.8, 4) is 0 Å². The van der Waals surface area contributed by atoms with Crippen LogP contribution in [-0.4, -0.2) is 54.5 Å². The topological polar surface area (TPSA) is 35.6 Å². The molecule has 2 atom stereocenters. The van der Waals surface area contributed by atoms with Gasteiger partial charge in [-0.1, -0.05) is 6.07 Å². The normalized spacial score (nSPS) is 22.3. The van der Waals surface area contributed by atoms with Crippen molar-refractivity contribution in [1.82, 2.24) is 9.80 Å². The third kappa shape index (κ3) is 3.76. The molecule has 1 heterocycles. The molecule has 1 aliphatic rings. The van der Waals surface area contributed by atoms with Crippen LogP contribution in [0.1, 0.15) is 37.6 Å². The molecule has 2 unspecified atom stereocenters. The molecule has 4 heteroatoms. The predicted molar refractivity (Wildman–Crippen MR) is 87.8 cm³/mol. The Balaban J connectivity index is 2.06. The van der Waals surface area contributed by atoms with Crippen LogP contribution in [0.5, 0.6) is 0 Å². The van der Waals surface area contributed by atoms with Gasteiger partial charge in [-0.05, 0) is 52.4 Å². The van der Waals surface area contributed by atoms with E-state index in [0.717, 1.165) is 37.3 Å². The maximum absolute atomic E-state index is 12.4. The monoisotopic (exact) mass is 289 g/mol. The highest BCUT2D eigenvalue weighted by molar-refractivity contribution is 5.95. The lowest BCUT2D eigenvalue weighted by Gasteiger charge is -2.20. The number of benzene rings is 1. The van der Waals surface area contributed by atoms with Gasteiger partial charge < -0.3 is 15.1 Å². The van der Waals surface area contributed by atoms with Crippen LogP contribution in [0.4, 0.5) is 5.69 Å². The third-order valence-corrected chi connectivity index (χ3v) is 4.42. The fraction of sp³-hybridized carbons (Fsp3) is 0.588. The standard InChI is InChI=1S/C17H27N3O/c1-5-20(6-2)17(21)14-8-7-9-15(11-14)18-16-10-13(3)19(4)12-16/h7-9,11,13,16,18H,5-6,10,12H2,1-4H3. The Morgan fingerprint density at radius 3 is 2.67 bits per heavy atom. The van der Waals surface area contributed by atoms with E-state index in [2.05, 4.69) is 24.2 Å². The van der Waals surface area contributed by atoms with Crippen molar-refractivity contribution in [2.75, 3.05) is 32.0 Å². The molecule has 1 fully saturated rings. The highest BCUT2D eigenvalue weighted by atomic mass is 16.2. The van der Waals surface area contributed by atoms with Crippen LogP contribution < -0.4 is 5.32 Å². The lowest BCUT2D eigenvalue weighted by molar-refractivity contribution is 0.0773. The first-order valence-corrected chi connectivity index (χ1v) is 7.91.